The summed E-state index contributed by atoms with van der Waals surface area (Å²) in [6.07, 6.45) is 0.579. The molecule has 0 saturated heterocycles. The van der Waals surface area contributed by atoms with Crippen LogP contribution in [0.5, 0.6) is 0 Å². The van der Waals surface area contributed by atoms with E-state index in [0.29, 0.717) is 12.5 Å². The maximum atomic E-state index is 7.67. The molecule has 0 radical (unpaired) electrons. The van der Waals surface area contributed by atoms with Crippen molar-refractivity contribution in [2.45, 2.75) is 32.4 Å². The quantitative estimate of drug-likeness (QED) is 0.566. The molecule has 2 unspecified atom stereocenters. The molecule has 112 valence electrons. The van der Waals surface area contributed by atoms with Crippen LogP contribution in [0.15, 0.2) is 30.3 Å². The molecule has 0 saturated carbocycles. The first kappa shape index (κ1) is 16.7. The van der Waals surface area contributed by atoms with Crippen LogP contribution in [0, 0.1) is 5.41 Å². The highest BCUT2D eigenvalue weighted by Gasteiger charge is 2.24. The van der Waals surface area contributed by atoms with Crippen LogP contribution in [-0.4, -0.2) is 48.9 Å². The Morgan fingerprint density at radius 1 is 1.25 bits per heavy atom. The molecule has 1 aromatic rings. The molecule has 0 aliphatic heterocycles. The molecular formula is C16H28N4. The maximum Gasteiger partial charge on any atom is 0.0924 e. The molecule has 0 spiro atoms. The number of nitrogens with one attached hydrogen (secondary N) is 1. The largest absolute Gasteiger partial charge is 0.388 e. The molecule has 1 aromatic carbocycles. The zero-order chi connectivity index (χ0) is 15.1. The van der Waals surface area contributed by atoms with Crippen molar-refractivity contribution < 1.29 is 0 Å². The minimum atomic E-state index is 0.175. The fraction of sp³-hybridized carbons (Fsp3) is 0.562. The van der Waals surface area contributed by atoms with Crippen molar-refractivity contribution in [1.82, 2.24) is 9.80 Å². The lowest BCUT2D eigenvalue weighted by Crippen LogP contribution is -2.43. The monoisotopic (exact) mass is 276 g/mol. The molecule has 0 aliphatic carbocycles. The van der Waals surface area contributed by atoms with Crippen molar-refractivity contribution in [2.75, 3.05) is 27.2 Å². The summed E-state index contributed by atoms with van der Waals surface area (Å²) >= 11 is 0. The number of benzene rings is 1. The van der Waals surface area contributed by atoms with Crippen molar-refractivity contribution in [3.8, 4) is 0 Å². The van der Waals surface area contributed by atoms with Gasteiger partial charge in [0.1, 0.15) is 0 Å². The topological polar surface area (TPSA) is 56.4 Å². The summed E-state index contributed by atoms with van der Waals surface area (Å²) in [5, 5.41) is 7.67. The van der Waals surface area contributed by atoms with E-state index in [1.807, 2.05) is 18.2 Å². The fourth-order valence-electron chi connectivity index (χ4n) is 2.78. The fourth-order valence-corrected chi connectivity index (χ4v) is 2.78. The zero-order valence-corrected chi connectivity index (χ0v) is 13.1. The Kier molecular flexibility index (Phi) is 6.68. The van der Waals surface area contributed by atoms with Crippen molar-refractivity contribution in [3.05, 3.63) is 35.9 Å². The molecule has 0 bridgehead atoms. The van der Waals surface area contributed by atoms with Crippen molar-refractivity contribution in [2.24, 2.45) is 5.73 Å². The van der Waals surface area contributed by atoms with E-state index in [9.17, 15) is 0 Å². The Hall–Kier alpha value is -1.39. The van der Waals surface area contributed by atoms with Crippen LogP contribution >= 0.6 is 0 Å². The van der Waals surface area contributed by atoms with Gasteiger partial charge in [-0.3, -0.25) is 10.3 Å². The molecule has 2 atom stereocenters. The van der Waals surface area contributed by atoms with E-state index in [2.05, 4.69) is 49.9 Å². The summed E-state index contributed by atoms with van der Waals surface area (Å²) in [6, 6.07) is 11.0. The third-order valence-electron chi connectivity index (χ3n) is 3.56. The van der Waals surface area contributed by atoms with Crippen LogP contribution in [0.4, 0.5) is 0 Å². The van der Waals surface area contributed by atoms with Gasteiger partial charge in [-0.15, -0.1) is 0 Å². The lowest BCUT2D eigenvalue weighted by atomic mass is 9.99. The predicted octanol–water partition coefficient (Wildman–Crippen LogP) is 2.33. The van der Waals surface area contributed by atoms with Crippen LogP contribution in [0.1, 0.15) is 31.9 Å². The van der Waals surface area contributed by atoms with Crippen molar-refractivity contribution in [3.63, 3.8) is 0 Å². The van der Waals surface area contributed by atoms with Gasteiger partial charge in [0.2, 0.25) is 0 Å². The average molecular weight is 276 g/mol. The minimum Gasteiger partial charge on any atom is -0.388 e. The lowest BCUT2D eigenvalue weighted by Gasteiger charge is -2.37. The van der Waals surface area contributed by atoms with Crippen LogP contribution < -0.4 is 5.73 Å². The third kappa shape index (κ3) is 4.94. The summed E-state index contributed by atoms with van der Waals surface area (Å²) in [6.45, 7) is 6.35. The van der Waals surface area contributed by atoms with Gasteiger partial charge in [-0.05, 0) is 33.1 Å². The van der Waals surface area contributed by atoms with Gasteiger partial charge in [0.05, 0.1) is 5.84 Å². The summed E-state index contributed by atoms with van der Waals surface area (Å²) < 4.78 is 0. The molecule has 20 heavy (non-hydrogen) atoms. The first-order chi connectivity index (χ1) is 9.45. The van der Waals surface area contributed by atoms with E-state index in [1.165, 1.54) is 5.56 Å². The van der Waals surface area contributed by atoms with Gasteiger partial charge in [0.15, 0.2) is 0 Å². The highest BCUT2D eigenvalue weighted by molar-refractivity contribution is 5.77. The minimum absolute atomic E-state index is 0.175. The van der Waals surface area contributed by atoms with Gasteiger partial charge < -0.3 is 10.6 Å². The molecular weight excluding hydrogens is 248 g/mol. The Balaban J connectivity index is 2.98. The molecule has 0 heterocycles. The van der Waals surface area contributed by atoms with Gasteiger partial charge in [0, 0.05) is 25.0 Å². The van der Waals surface area contributed by atoms with E-state index in [0.717, 1.165) is 13.1 Å². The first-order valence-electron chi connectivity index (χ1n) is 7.24. The second kappa shape index (κ2) is 8.02. The summed E-state index contributed by atoms with van der Waals surface area (Å²) in [5.74, 6) is 0.245. The number of nitrogens with two attached hydrogens (primary N) is 1. The van der Waals surface area contributed by atoms with Crippen LogP contribution in [-0.2, 0) is 0 Å². The van der Waals surface area contributed by atoms with Gasteiger partial charge in [0.25, 0.3) is 0 Å². The van der Waals surface area contributed by atoms with Gasteiger partial charge in [-0.1, -0.05) is 37.3 Å². The molecule has 4 heteroatoms. The standard InChI is InChI=1S/C16H28N4/c1-5-20(13(2)12-19(3)4)15(11-16(17)18)14-9-7-6-8-10-14/h6-10,13,15H,5,11-12H2,1-4H3,(H3,17,18). The zero-order valence-electron chi connectivity index (χ0n) is 13.1. The molecule has 0 aromatic heterocycles. The number of likely N-dealkylation sites (N-methyl/N-ethyl adjacent to an activating group) is 2. The summed E-state index contributed by atoms with van der Waals surface area (Å²) in [7, 11) is 4.18. The molecule has 1 rings (SSSR count). The Morgan fingerprint density at radius 2 is 1.85 bits per heavy atom. The third-order valence-corrected chi connectivity index (χ3v) is 3.56. The summed E-state index contributed by atoms with van der Waals surface area (Å²) in [4.78, 5) is 4.62. The highest BCUT2D eigenvalue weighted by Crippen LogP contribution is 2.26. The number of nitrogens with zero attached hydrogens (tertiary/aromatic N) is 2. The number of amidine groups is 1. The Morgan fingerprint density at radius 3 is 2.30 bits per heavy atom. The van der Waals surface area contributed by atoms with Gasteiger partial charge in [-0.25, -0.2) is 0 Å². The van der Waals surface area contributed by atoms with Crippen molar-refractivity contribution in [1.29, 1.82) is 5.41 Å². The van der Waals surface area contributed by atoms with Crippen LogP contribution in [0.3, 0.4) is 0 Å². The number of hydrogen-bond acceptors (Lipinski definition) is 3. The van der Waals surface area contributed by atoms with E-state index in [4.69, 9.17) is 11.1 Å². The highest BCUT2D eigenvalue weighted by atomic mass is 15.2. The van der Waals surface area contributed by atoms with Crippen LogP contribution in [0.25, 0.3) is 0 Å². The number of hydrogen-bond donors (Lipinski definition) is 2. The van der Waals surface area contributed by atoms with E-state index in [-0.39, 0.29) is 11.9 Å². The first-order valence-corrected chi connectivity index (χ1v) is 7.24. The Labute approximate surface area is 123 Å². The normalized spacial score (nSPS) is 14.5. The van der Waals surface area contributed by atoms with E-state index < -0.39 is 0 Å². The molecule has 3 N–H and O–H groups in total. The van der Waals surface area contributed by atoms with Gasteiger partial charge >= 0.3 is 0 Å². The smallest absolute Gasteiger partial charge is 0.0924 e. The Bertz CT molecular complexity index is 402. The van der Waals surface area contributed by atoms with E-state index in [1.54, 1.807) is 0 Å². The molecule has 0 fully saturated rings. The SMILES string of the molecule is CCN(C(C)CN(C)C)C(CC(=N)N)c1ccccc1. The second-order valence-electron chi connectivity index (χ2n) is 5.60. The molecule has 0 aliphatic rings. The van der Waals surface area contributed by atoms with E-state index >= 15 is 0 Å². The average Bonchev–Trinajstić information content (AvgIpc) is 2.38. The lowest BCUT2D eigenvalue weighted by molar-refractivity contribution is 0.130. The second-order valence-corrected chi connectivity index (χ2v) is 5.60. The van der Waals surface area contributed by atoms with Crippen LogP contribution in [0.2, 0.25) is 0 Å². The number of rotatable bonds is 8. The molecule has 0 amide bonds. The van der Waals surface area contributed by atoms with Gasteiger partial charge in [-0.2, -0.15) is 0 Å². The van der Waals surface area contributed by atoms with Crippen molar-refractivity contribution >= 4 is 5.84 Å². The predicted molar refractivity (Wildman–Crippen MR) is 86.1 cm³/mol. The molecule has 4 nitrogen and oxygen atoms in total. The summed E-state index contributed by atoms with van der Waals surface area (Å²) in [5.41, 5.74) is 6.90. The maximum absolute atomic E-state index is 7.67.